The smallest absolute Gasteiger partial charge is 0.247 e. The van der Waals surface area contributed by atoms with E-state index in [2.05, 4.69) is 10.0 Å². The first kappa shape index (κ1) is 20.7. The molecule has 29 heavy (non-hydrogen) atoms. The van der Waals surface area contributed by atoms with Gasteiger partial charge in [-0.25, -0.2) is 13.1 Å². The number of anilines is 1. The molecule has 0 radical (unpaired) electrons. The number of hydrogen-bond donors (Lipinski definition) is 2. The summed E-state index contributed by atoms with van der Waals surface area (Å²) in [5, 5.41) is 1.93. The van der Waals surface area contributed by atoms with Crippen molar-refractivity contribution < 1.29 is 18.0 Å². The quantitative estimate of drug-likeness (QED) is 0.558. The lowest BCUT2D eigenvalue weighted by Gasteiger charge is -2.27. The maximum Gasteiger partial charge on any atom is 0.247 e. The van der Waals surface area contributed by atoms with Gasteiger partial charge in [0.05, 0.1) is 10.6 Å². The van der Waals surface area contributed by atoms with Gasteiger partial charge in [-0.3, -0.25) is 9.59 Å². The number of nitrogens with one attached hydrogen (secondary N) is 2. The van der Waals surface area contributed by atoms with Gasteiger partial charge in [-0.1, -0.05) is 25.7 Å². The molecule has 2 aliphatic heterocycles. The lowest BCUT2D eigenvalue weighted by Crippen LogP contribution is -2.43. The van der Waals surface area contributed by atoms with Crippen molar-refractivity contribution in [3.05, 3.63) is 18.2 Å². The summed E-state index contributed by atoms with van der Waals surface area (Å²) in [5.41, 5.74) is 0.453. The molecule has 1 aliphatic carbocycles. The summed E-state index contributed by atoms with van der Waals surface area (Å²) < 4.78 is 28.5. The van der Waals surface area contributed by atoms with Crippen molar-refractivity contribution in [1.29, 1.82) is 0 Å². The van der Waals surface area contributed by atoms with Gasteiger partial charge in [0.1, 0.15) is 0 Å². The van der Waals surface area contributed by atoms with Gasteiger partial charge in [0.25, 0.3) is 0 Å². The van der Waals surface area contributed by atoms with E-state index >= 15 is 0 Å². The molecule has 1 aromatic rings. The third-order valence-corrected chi connectivity index (χ3v) is 8.60. The molecule has 1 saturated carbocycles. The van der Waals surface area contributed by atoms with E-state index in [4.69, 9.17) is 0 Å². The SMILES string of the molecule is O=C1Nc2cc(S(=O)(=O)NC3CCCCCC3)ccc2SC1C(=O)N1CCCC1. The highest BCUT2D eigenvalue weighted by Crippen LogP contribution is 2.38. The zero-order chi connectivity index (χ0) is 20.4. The summed E-state index contributed by atoms with van der Waals surface area (Å²) >= 11 is 1.20. The molecular weight excluding hydrogens is 410 g/mol. The summed E-state index contributed by atoms with van der Waals surface area (Å²) in [4.78, 5) is 27.8. The van der Waals surface area contributed by atoms with Gasteiger partial charge in [-0.2, -0.15) is 0 Å². The molecule has 1 aromatic carbocycles. The van der Waals surface area contributed by atoms with Crippen LogP contribution in [0.25, 0.3) is 0 Å². The number of nitrogens with zero attached hydrogens (tertiary/aromatic N) is 1. The number of benzene rings is 1. The zero-order valence-electron chi connectivity index (χ0n) is 16.4. The molecule has 1 atom stereocenters. The van der Waals surface area contributed by atoms with Crippen LogP contribution >= 0.6 is 11.8 Å². The standard InChI is InChI=1S/C20H27N3O4S2/c24-19-18(20(25)23-11-5-6-12-23)28-17-10-9-15(13-16(17)21-19)29(26,27)22-14-7-3-1-2-4-8-14/h9-10,13-14,18,22H,1-8,11-12H2,(H,21,24). The first-order valence-electron chi connectivity index (χ1n) is 10.4. The second kappa shape index (κ2) is 8.65. The Balaban J connectivity index is 1.49. The van der Waals surface area contributed by atoms with Crippen LogP contribution in [-0.4, -0.2) is 49.5 Å². The lowest BCUT2D eigenvalue weighted by atomic mass is 10.1. The fourth-order valence-corrected chi connectivity index (χ4v) is 6.59. The van der Waals surface area contributed by atoms with Crippen molar-refractivity contribution in [2.75, 3.05) is 18.4 Å². The fourth-order valence-electron chi connectivity index (χ4n) is 4.21. The maximum absolute atomic E-state index is 12.8. The van der Waals surface area contributed by atoms with Gasteiger partial charge < -0.3 is 10.2 Å². The molecule has 7 nitrogen and oxygen atoms in total. The molecule has 2 heterocycles. The predicted octanol–water partition coefficient (Wildman–Crippen LogP) is 2.72. The molecule has 2 fully saturated rings. The Kier molecular flexibility index (Phi) is 6.17. The van der Waals surface area contributed by atoms with E-state index in [0.29, 0.717) is 18.8 Å². The molecule has 9 heteroatoms. The van der Waals surface area contributed by atoms with Crippen molar-refractivity contribution in [3.63, 3.8) is 0 Å². The molecule has 3 aliphatic rings. The highest BCUT2D eigenvalue weighted by molar-refractivity contribution is 8.01. The maximum atomic E-state index is 12.8. The Morgan fingerprint density at radius 1 is 1.07 bits per heavy atom. The first-order valence-corrected chi connectivity index (χ1v) is 12.7. The van der Waals surface area contributed by atoms with Crippen LogP contribution in [-0.2, 0) is 19.6 Å². The van der Waals surface area contributed by atoms with E-state index < -0.39 is 15.3 Å². The van der Waals surface area contributed by atoms with Gasteiger partial charge in [0.2, 0.25) is 21.8 Å². The Labute approximate surface area is 176 Å². The topological polar surface area (TPSA) is 95.6 Å². The predicted molar refractivity (Wildman–Crippen MR) is 112 cm³/mol. The third-order valence-electron chi connectivity index (χ3n) is 5.82. The number of sulfonamides is 1. The average Bonchev–Trinajstić information content (AvgIpc) is 3.12. The molecule has 1 saturated heterocycles. The number of fused-ring (bicyclic) bond motifs is 1. The van der Waals surface area contributed by atoms with Crippen LogP contribution in [0.15, 0.2) is 28.0 Å². The van der Waals surface area contributed by atoms with Crippen LogP contribution in [0.5, 0.6) is 0 Å². The molecule has 2 amide bonds. The minimum absolute atomic E-state index is 0.0371. The summed E-state index contributed by atoms with van der Waals surface area (Å²) in [6.07, 6.45) is 8.03. The number of hydrogen-bond acceptors (Lipinski definition) is 5. The second-order valence-corrected chi connectivity index (χ2v) is 10.8. The summed E-state index contributed by atoms with van der Waals surface area (Å²) in [7, 11) is -3.66. The lowest BCUT2D eigenvalue weighted by molar-refractivity contribution is -0.133. The van der Waals surface area contributed by atoms with E-state index in [-0.39, 0.29) is 22.8 Å². The second-order valence-electron chi connectivity index (χ2n) is 7.99. The van der Waals surface area contributed by atoms with E-state index in [1.807, 2.05) is 0 Å². The van der Waals surface area contributed by atoms with E-state index in [1.54, 1.807) is 17.0 Å². The van der Waals surface area contributed by atoms with Gasteiger partial charge in [0.15, 0.2) is 5.25 Å². The average molecular weight is 438 g/mol. The number of amides is 2. The van der Waals surface area contributed by atoms with Gasteiger partial charge in [0, 0.05) is 24.0 Å². The molecule has 2 N–H and O–H groups in total. The molecule has 0 aromatic heterocycles. The normalized spacial score (nSPS) is 23.4. The van der Waals surface area contributed by atoms with Crippen molar-refractivity contribution >= 4 is 39.3 Å². The summed E-state index contributed by atoms with van der Waals surface area (Å²) in [5.74, 6) is -0.548. The van der Waals surface area contributed by atoms with Crippen molar-refractivity contribution in [3.8, 4) is 0 Å². The number of carbonyl (C=O) groups excluding carboxylic acids is 2. The Hall–Kier alpha value is -1.58. The molecule has 4 rings (SSSR count). The monoisotopic (exact) mass is 437 g/mol. The van der Waals surface area contributed by atoms with E-state index in [1.165, 1.54) is 17.8 Å². The minimum Gasteiger partial charge on any atom is -0.341 e. The number of likely N-dealkylation sites (tertiary alicyclic amines) is 1. The van der Waals surface area contributed by atoms with Crippen LogP contribution in [0.3, 0.4) is 0 Å². The summed E-state index contributed by atoms with van der Waals surface area (Å²) in [6.45, 7) is 1.39. The molecule has 0 bridgehead atoms. The number of carbonyl (C=O) groups is 2. The Morgan fingerprint density at radius 3 is 2.45 bits per heavy atom. The molecule has 158 valence electrons. The highest BCUT2D eigenvalue weighted by Gasteiger charge is 2.37. The molecule has 0 spiro atoms. The third kappa shape index (κ3) is 4.62. The van der Waals surface area contributed by atoms with Crippen LogP contribution in [0.2, 0.25) is 0 Å². The van der Waals surface area contributed by atoms with Crippen molar-refractivity contribution in [2.45, 2.75) is 72.4 Å². The van der Waals surface area contributed by atoms with Crippen LogP contribution in [0.1, 0.15) is 51.4 Å². The van der Waals surface area contributed by atoms with Crippen LogP contribution in [0, 0.1) is 0 Å². The molecular formula is C20H27N3O4S2. The van der Waals surface area contributed by atoms with Crippen LogP contribution in [0.4, 0.5) is 5.69 Å². The van der Waals surface area contributed by atoms with E-state index in [9.17, 15) is 18.0 Å². The van der Waals surface area contributed by atoms with E-state index in [0.717, 1.165) is 56.3 Å². The van der Waals surface area contributed by atoms with Crippen molar-refractivity contribution in [1.82, 2.24) is 9.62 Å². The fraction of sp³-hybridized carbons (Fsp3) is 0.600. The van der Waals surface area contributed by atoms with Crippen LogP contribution < -0.4 is 10.0 Å². The van der Waals surface area contributed by atoms with Gasteiger partial charge in [-0.15, -0.1) is 11.8 Å². The number of thioether (sulfide) groups is 1. The number of rotatable bonds is 4. The Morgan fingerprint density at radius 2 is 1.76 bits per heavy atom. The van der Waals surface area contributed by atoms with Gasteiger partial charge >= 0.3 is 0 Å². The Bertz CT molecular complexity index is 889. The molecule has 1 unspecified atom stereocenters. The largest absolute Gasteiger partial charge is 0.341 e. The first-order chi connectivity index (χ1) is 13.9. The zero-order valence-corrected chi connectivity index (χ0v) is 18.0. The van der Waals surface area contributed by atoms with Gasteiger partial charge in [-0.05, 0) is 43.9 Å². The minimum atomic E-state index is -3.66. The summed E-state index contributed by atoms with van der Waals surface area (Å²) in [6, 6.07) is 4.70. The van der Waals surface area contributed by atoms with Crippen molar-refractivity contribution in [2.24, 2.45) is 0 Å². The highest BCUT2D eigenvalue weighted by atomic mass is 32.2.